The molecule has 3 fully saturated rings. The number of rotatable bonds is 4. The van der Waals surface area contributed by atoms with Crippen LogP contribution in [0.1, 0.15) is 32.1 Å². The molecule has 0 bridgehead atoms. The number of likely N-dealkylation sites (tertiary alicyclic amines) is 1. The van der Waals surface area contributed by atoms with E-state index in [1.807, 2.05) is 9.80 Å². The Morgan fingerprint density at radius 3 is 2.24 bits per heavy atom. The van der Waals surface area contributed by atoms with Gasteiger partial charge < -0.3 is 25.2 Å². The fraction of sp³-hybridized carbons (Fsp3) is 0.889. The summed E-state index contributed by atoms with van der Waals surface area (Å²) in [5.74, 6) is 0.792. The van der Waals surface area contributed by atoms with Crippen LogP contribution in [-0.2, 0) is 14.3 Å². The van der Waals surface area contributed by atoms with Crippen molar-refractivity contribution in [1.82, 2.24) is 14.7 Å². The average Bonchev–Trinajstić information content (AvgIpc) is 3.11. The van der Waals surface area contributed by atoms with E-state index in [0.29, 0.717) is 18.9 Å². The number of amides is 2. The van der Waals surface area contributed by atoms with E-state index in [9.17, 15) is 9.59 Å². The van der Waals surface area contributed by atoms with Crippen molar-refractivity contribution in [3.8, 4) is 0 Å². The van der Waals surface area contributed by atoms with Gasteiger partial charge in [-0.3, -0.25) is 9.59 Å². The zero-order valence-corrected chi connectivity index (χ0v) is 15.4. The van der Waals surface area contributed by atoms with Gasteiger partial charge in [0.1, 0.15) is 6.10 Å². The summed E-state index contributed by atoms with van der Waals surface area (Å²) in [5, 5.41) is 0. The van der Waals surface area contributed by atoms with Crippen molar-refractivity contribution < 1.29 is 14.3 Å². The Kier molecular flexibility index (Phi) is 6.30. The molecule has 0 aromatic heterocycles. The van der Waals surface area contributed by atoms with Crippen LogP contribution >= 0.6 is 0 Å². The van der Waals surface area contributed by atoms with Crippen LogP contribution in [0.2, 0.25) is 0 Å². The van der Waals surface area contributed by atoms with E-state index in [1.165, 1.54) is 0 Å². The van der Waals surface area contributed by atoms with Gasteiger partial charge in [-0.15, -0.1) is 0 Å². The van der Waals surface area contributed by atoms with E-state index >= 15 is 0 Å². The van der Waals surface area contributed by atoms with Gasteiger partial charge in [0.25, 0.3) is 5.91 Å². The lowest BCUT2D eigenvalue weighted by atomic mass is 9.92. The third-order valence-corrected chi connectivity index (χ3v) is 5.89. The predicted octanol–water partition coefficient (Wildman–Crippen LogP) is -0.105. The van der Waals surface area contributed by atoms with Crippen LogP contribution in [0.3, 0.4) is 0 Å². The standard InChI is InChI=1S/C18H32N4O3/c1-20-8-10-21(11-9-20)17(23)12-14-4-6-22(7-5-14)18(24)16-3-2-15(13-19)25-16/h14-16H,2-13,19H2,1H3/t15-,16+/m1/s1. The van der Waals surface area contributed by atoms with Gasteiger partial charge in [0, 0.05) is 52.2 Å². The highest BCUT2D eigenvalue weighted by Gasteiger charge is 2.35. The van der Waals surface area contributed by atoms with E-state index in [0.717, 1.165) is 65.0 Å². The second-order valence-electron chi connectivity index (χ2n) is 7.72. The predicted molar refractivity (Wildman–Crippen MR) is 94.9 cm³/mol. The highest BCUT2D eigenvalue weighted by molar-refractivity contribution is 5.81. The highest BCUT2D eigenvalue weighted by Crippen LogP contribution is 2.25. The first-order valence-corrected chi connectivity index (χ1v) is 9.67. The molecule has 2 N–H and O–H groups in total. The molecule has 0 aromatic rings. The van der Waals surface area contributed by atoms with Gasteiger partial charge in [0.2, 0.25) is 5.91 Å². The van der Waals surface area contributed by atoms with Crippen LogP contribution in [-0.4, -0.2) is 91.6 Å². The van der Waals surface area contributed by atoms with Gasteiger partial charge in [0.05, 0.1) is 6.10 Å². The third kappa shape index (κ3) is 4.71. The van der Waals surface area contributed by atoms with Crippen molar-refractivity contribution >= 4 is 11.8 Å². The molecule has 0 saturated carbocycles. The number of hydrogen-bond acceptors (Lipinski definition) is 5. The summed E-state index contributed by atoms with van der Waals surface area (Å²) in [7, 11) is 2.10. The van der Waals surface area contributed by atoms with E-state index in [-0.39, 0.29) is 24.0 Å². The fourth-order valence-corrected chi connectivity index (χ4v) is 4.05. The minimum Gasteiger partial charge on any atom is -0.364 e. The quantitative estimate of drug-likeness (QED) is 0.764. The lowest BCUT2D eigenvalue weighted by molar-refractivity contribution is -0.144. The summed E-state index contributed by atoms with van der Waals surface area (Å²) in [5.41, 5.74) is 5.62. The third-order valence-electron chi connectivity index (χ3n) is 5.89. The average molecular weight is 352 g/mol. The van der Waals surface area contributed by atoms with Crippen LogP contribution in [0, 0.1) is 5.92 Å². The first kappa shape index (κ1) is 18.6. The van der Waals surface area contributed by atoms with Crippen molar-refractivity contribution in [1.29, 1.82) is 0 Å². The minimum absolute atomic E-state index is 0.0349. The summed E-state index contributed by atoms with van der Waals surface area (Å²) in [4.78, 5) is 31.2. The first-order chi connectivity index (χ1) is 12.1. The molecule has 3 heterocycles. The number of nitrogens with two attached hydrogens (primary N) is 1. The Morgan fingerprint density at radius 1 is 0.960 bits per heavy atom. The molecule has 3 aliphatic heterocycles. The molecule has 25 heavy (non-hydrogen) atoms. The smallest absolute Gasteiger partial charge is 0.251 e. The number of nitrogens with zero attached hydrogens (tertiary/aromatic N) is 3. The molecular weight excluding hydrogens is 320 g/mol. The molecule has 2 atom stereocenters. The number of hydrogen-bond donors (Lipinski definition) is 1. The molecule has 7 nitrogen and oxygen atoms in total. The zero-order chi connectivity index (χ0) is 17.8. The number of carbonyl (C=O) groups excluding carboxylic acids is 2. The van der Waals surface area contributed by atoms with Gasteiger partial charge in [-0.25, -0.2) is 0 Å². The van der Waals surface area contributed by atoms with Crippen LogP contribution in [0.15, 0.2) is 0 Å². The Hall–Kier alpha value is -1.18. The Labute approximate surface area is 150 Å². The minimum atomic E-state index is -0.308. The normalized spacial score (nSPS) is 29.2. The van der Waals surface area contributed by atoms with Gasteiger partial charge in [-0.2, -0.15) is 0 Å². The van der Waals surface area contributed by atoms with Gasteiger partial charge in [-0.05, 0) is 38.6 Å². The second-order valence-corrected chi connectivity index (χ2v) is 7.72. The maximum atomic E-state index is 12.5. The van der Waals surface area contributed by atoms with Crippen LogP contribution in [0.25, 0.3) is 0 Å². The van der Waals surface area contributed by atoms with Crippen molar-refractivity contribution in [2.75, 3.05) is 52.9 Å². The molecule has 0 radical (unpaired) electrons. The molecule has 3 rings (SSSR count). The number of piperidine rings is 1. The molecule has 3 saturated heterocycles. The van der Waals surface area contributed by atoms with Crippen LogP contribution in [0.5, 0.6) is 0 Å². The Morgan fingerprint density at radius 2 is 1.64 bits per heavy atom. The summed E-state index contributed by atoms with van der Waals surface area (Å²) in [6, 6.07) is 0. The van der Waals surface area contributed by atoms with Crippen molar-refractivity contribution in [2.24, 2.45) is 11.7 Å². The number of ether oxygens (including phenoxy) is 1. The monoisotopic (exact) mass is 352 g/mol. The highest BCUT2D eigenvalue weighted by atomic mass is 16.5. The van der Waals surface area contributed by atoms with E-state index < -0.39 is 0 Å². The number of piperazine rings is 1. The summed E-state index contributed by atoms with van der Waals surface area (Å²) >= 11 is 0. The van der Waals surface area contributed by atoms with Crippen LogP contribution < -0.4 is 5.73 Å². The van der Waals surface area contributed by atoms with Gasteiger partial charge in [0.15, 0.2) is 0 Å². The molecule has 0 unspecified atom stereocenters. The fourth-order valence-electron chi connectivity index (χ4n) is 4.05. The van der Waals surface area contributed by atoms with E-state index in [4.69, 9.17) is 10.5 Å². The summed E-state index contributed by atoms with van der Waals surface area (Å²) in [6.07, 6.45) is 3.84. The van der Waals surface area contributed by atoms with Crippen LogP contribution in [0.4, 0.5) is 0 Å². The van der Waals surface area contributed by atoms with Crippen molar-refractivity contribution in [3.63, 3.8) is 0 Å². The largest absolute Gasteiger partial charge is 0.364 e. The lowest BCUT2D eigenvalue weighted by Gasteiger charge is -2.36. The molecule has 2 amide bonds. The van der Waals surface area contributed by atoms with E-state index in [1.54, 1.807) is 0 Å². The van der Waals surface area contributed by atoms with Crippen molar-refractivity contribution in [3.05, 3.63) is 0 Å². The lowest BCUT2D eigenvalue weighted by Crippen LogP contribution is -2.48. The molecule has 0 spiro atoms. The SMILES string of the molecule is CN1CCN(C(=O)CC2CCN(C(=O)[C@@H]3CC[C@H](CN)O3)CC2)CC1. The van der Waals surface area contributed by atoms with Crippen molar-refractivity contribution in [2.45, 2.75) is 44.3 Å². The molecule has 3 aliphatic rings. The summed E-state index contributed by atoms with van der Waals surface area (Å²) < 4.78 is 5.72. The maximum absolute atomic E-state index is 12.5. The maximum Gasteiger partial charge on any atom is 0.251 e. The molecular formula is C18H32N4O3. The molecule has 0 aromatic carbocycles. The van der Waals surface area contributed by atoms with E-state index in [2.05, 4.69) is 11.9 Å². The first-order valence-electron chi connectivity index (χ1n) is 9.67. The molecule has 142 valence electrons. The Bertz CT molecular complexity index is 471. The van der Waals surface area contributed by atoms with Gasteiger partial charge >= 0.3 is 0 Å². The molecule has 0 aliphatic carbocycles. The Balaban J connectivity index is 1.40. The second kappa shape index (κ2) is 8.47. The van der Waals surface area contributed by atoms with Gasteiger partial charge in [-0.1, -0.05) is 0 Å². The zero-order valence-electron chi connectivity index (χ0n) is 15.4. The summed E-state index contributed by atoms with van der Waals surface area (Å²) in [6.45, 7) is 5.58. The molecule has 7 heteroatoms. The topological polar surface area (TPSA) is 79.1 Å². The number of carbonyl (C=O) groups is 2. The number of likely N-dealkylation sites (N-methyl/N-ethyl adjacent to an activating group) is 1.